The third-order valence-corrected chi connectivity index (χ3v) is 4.01. The summed E-state index contributed by atoms with van der Waals surface area (Å²) in [4.78, 5) is 30.2. The van der Waals surface area contributed by atoms with Crippen LogP contribution < -0.4 is 5.32 Å². The highest BCUT2D eigenvalue weighted by atomic mass is 16.2. The number of rotatable bonds is 4. The van der Waals surface area contributed by atoms with Gasteiger partial charge in [-0.25, -0.2) is 15.0 Å². The van der Waals surface area contributed by atoms with Gasteiger partial charge >= 0.3 is 0 Å². The Morgan fingerprint density at radius 2 is 2.22 bits per heavy atom. The molecule has 0 radical (unpaired) electrons. The van der Waals surface area contributed by atoms with Crippen molar-refractivity contribution in [2.24, 2.45) is 5.92 Å². The van der Waals surface area contributed by atoms with Gasteiger partial charge in [-0.05, 0) is 25.2 Å². The zero-order valence-electron chi connectivity index (χ0n) is 13.1. The maximum Gasteiger partial charge on any atom is 0.219 e. The van der Waals surface area contributed by atoms with Crippen LogP contribution in [0.4, 0.5) is 11.6 Å². The molecule has 2 aromatic rings. The number of nitrogens with one attached hydrogen (secondary N) is 1. The Morgan fingerprint density at radius 3 is 3.00 bits per heavy atom. The van der Waals surface area contributed by atoms with Crippen molar-refractivity contribution in [1.82, 2.24) is 24.8 Å². The van der Waals surface area contributed by atoms with Crippen LogP contribution in [-0.2, 0) is 11.2 Å². The summed E-state index contributed by atoms with van der Waals surface area (Å²) < 4.78 is 0. The fraction of sp³-hybridized carbons (Fsp3) is 0.438. The van der Waals surface area contributed by atoms with E-state index in [1.54, 1.807) is 31.8 Å². The first kappa shape index (κ1) is 15.3. The largest absolute Gasteiger partial charge is 0.343 e. The second-order valence-electron chi connectivity index (χ2n) is 5.79. The first-order valence-electron chi connectivity index (χ1n) is 7.80. The van der Waals surface area contributed by atoms with Crippen molar-refractivity contribution in [1.29, 1.82) is 0 Å². The second kappa shape index (κ2) is 7.13. The molecule has 7 heteroatoms. The Labute approximate surface area is 135 Å². The fourth-order valence-electron chi connectivity index (χ4n) is 2.89. The molecule has 1 unspecified atom stereocenters. The summed E-state index contributed by atoms with van der Waals surface area (Å²) in [6.07, 6.45) is 9.48. The Morgan fingerprint density at radius 1 is 1.30 bits per heavy atom. The van der Waals surface area contributed by atoms with Crippen LogP contribution in [0.25, 0.3) is 0 Å². The van der Waals surface area contributed by atoms with Crippen molar-refractivity contribution in [3.05, 3.63) is 36.7 Å². The average molecular weight is 312 g/mol. The Balaban J connectivity index is 1.64. The molecule has 23 heavy (non-hydrogen) atoms. The lowest BCUT2D eigenvalue weighted by atomic mass is 9.93. The maximum absolute atomic E-state index is 11.5. The van der Waals surface area contributed by atoms with Crippen molar-refractivity contribution in [3.8, 4) is 0 Å². The van der Waals surface area contributed by atoms with Crippen LogP contribution in [0, 0.1) is 5.92 Å². The van der Waals surface area contributed by atoms with Crippen LogP contribution in [-0.4, -0.2) is 43.8 Å². The van der Waals surface area contributed by atoms with E-state index >= 15 is 0 Å². The van der Waals surface area contributed by atoms with E-state index in [9.17, 15) is 4.79 Å². The number of hydrogen-bond acceptors (Lipinski definition) is 6. The quantitative estimate of drug-likeness (QED) is 0.927. The molecule has 1 saturated heterocycles. The van der Waals surface area contributed by atoms with E-state index < -0.39 is 0 Å². The third kappa shape index (κ3) is 4.21. The summed E-state index contributed by atoms with van der Waals surface area (Å²) in [5, 5.41) is 3.12. The monoisotopic (exact) mass is 312 g/mol. The summed E-state index contributed by atoms with van der Waals surface area (Å²) >= 11 is 0. The molecule has 7 nitrogen and oxygen atoms in total. The summed E-state index contributed by atoms with van der Waals surface area (Å²) in [5.41, 5.74) is 0.974. The first-order chi connectivity index (χ1) is 11.2. The number of anilines is 2. The first-order valence-corrected chi connectivity index (χ1v) is 7.80. The van der Waals surface area contributed by atoms with E-state index in [1.807, 2.05) is 11.0 Å². The van der Waals surface area contributed by atoms with Gasteiger partial charge in [0.2, 0.25) is 5.91 Å². The highest BCUT2D eigenvalue weighted by molar-refractivity contribution is 5.73. The minimum atomic E-state index is 0.155. The zero-order valence-corrected chi connectivity index (χ0v) is 13.1. The van der Waals surface area contributed by atoms with E-state index in [1.165, 1.54) is 0 Å². The SMILES string of the molecule is CC(=O)N1CCCC(Cc2cc(Nc3cnccn3)ncn2)C1. The van der Waals surface area contributed by atoms with Crippen LogP contribution in [0.3, 0.4) is 0 Å². The molecule has 1 aliphatic rings. The molecule has 0 bridgehead atoms. The number of piperidine rings is 1. The highest BCUT2D eigenvalue weighted by Gasteiger charge is 2.22. The van der Waals surface area contributed by atoms with Crippen LogP contribution in [0.15, 0.2) is 31.0 Å². The number of carbonyl (C=O) groups is 1. The van der Waals surface area contributed by atoms with Gasteiger partial charge in [-0.3, -0.25) is 9.78 Å². The van der Waals surface area contributed by atoms with Crippen LogP contribution in [0.5, 0.6) is 0 Å². The van der Waals surface area contributed by atoms with Gasteiger partial charge in [-0.2, -0.15) is 0 Å². The van der Waals surface area contributed by atoms with E-state index in [0.29, 0.717) is 17.6 Å². The molecule has 0 spiro atoms. The smallest absolute Gasteiger partial charge is 0.219 e. The van der Waals surface area contributed by atoms with Gasteiger partial charge in [0.25, 0.3) is 0 Å². The van der Waals surface area contributed by atoms with Crippen LogP contribution in [0.2, 0.25) is 0 Å². The van der Waals surface area contributed by atoms with Gasteiger partial charge in [0.05, 0.1) is 6.20 Å². The Kier molecular flexibility index (Phi) is 4.75. The molecular weight excluding hydrogens is 292 g/mol. The van der Waals surface area contributed by atoms with Crippen molar-refractivity contribution in [3.63, 3.8) is 0 Å². The molecular formula is C16H20N6O. The fourth-order valence-corrected chi connectivity index (χ4v) is 2.89. The van der Waals surface area contributed by atoms with E-state index in [0.717, 1.165) is 38.0 Å². The summed E-state index contributed by atoms with van der Waals surface area (Å²) in [5.74, 6) is 1.96. The Hall–Kier alpha value is -2.57. The highest BCUT2D eigenvalue weighted by Crippen LogP contribution is 2.21. The molecule has 3 rings (SSSR count). The third-order valence-electron chi connectivity index (χ3n) is 4.01. The van der Waals surface area contributed by atoms with Gasteiger partial charge in [-0.15, -0.1) is 0 Å². The zero-order chi connectivity index (χ0) is 16.1. The molecule has 0 aliphatic carbocycles. The lowest BCUT2D eigenvalue weighted by molar-refractivity contribution is -0.130. The number of hydrogen-bond donors (Lipinski definition) is 1. The van der Waals surface area contributed by atoms with E-state index in [4.69, 9.17) is 0 Å². The lowest BCUT2D eigenvalue weighted by Crippen LogP contribution is -2.39. The normalized spacial score (nSPS) is 17.8. The van der Waals surface area contributed by atoms with Crippen LogP contribution >= 0.6 is 0 Å². The standard InChI is InChI=1S/C16H20N6O/c1-12(23)22-6-2-3-13(10-22)7-14-8-15(20-11-19-14)21-16-9-17-4-5-18-16/h4-5,8-9,11,13H,2-3,6-7,10H2,1H3,(H,18,19,20,21). The molecule has 0 saturated carbocycles. The van der Waals surface area contributed by atoms with Gasteiger partial charge in [0.15, 0.2) is 0 Å². The number of nitrogens with zero attached hydrogens (tertiary/aromatic N) is 5. The molecule has 1 N–H and O–H groups in total. The molecule has 120 valence electrons. The van der Waals surface area contributed by atoms with E-state index in [-0.39, 0.29) is 5.91 Å². The number of likely N-dealkylation sites (tertiary alicyclic amines) is 1. The topological polar surface area (TPSA) is 83.9 Å². The van der Waals surface area contributed by atoms with Crippen molar-refractivity contribution in [2.75, 3.05) is 18.4 Å². The average Bonchev–Trinajstić information content (AvgIpc) is 2.56. The second-order valence-corrected chi connectivity index (χ2v) is 5.79. The van der Waals surface area contributed by atoms with Gasteiger partial charge in [-0.1, -0.05) is 0 Å². The van der Waals surface area contributed by atoms with Crippen molar-refractivity contribution < 1.29 is 4.79 Å². The molecule has 1 aliphatic heterocycles. The Bertz CT molecular complexity index is 663. The predicted octanol–water partition coefficient (Wildman–Crippen LogP) is 1.81. The summed E-state index contributed by atoms with van der Waals surface area (Å²) in [7, 11) is 0. The van der Waals surface area contributed by atoms with Crippen molar-refractivity contribution >= 4 is 17.5 Å². The number of aromatic nitrogens is 4. The molecule has 2 aromatic heterocycles. The molecule has 3 heterocycles. The molecule has 1 atom stereocenters. The van der Waals surface area contributed by atoms with E-state index in [2.05, 4.69) is 25.3 Å². The minimum absolute atomic E-state index is 0.155. The van der Waals surface area contributed by atoms with Crippen molar-refractivity contribution in [2.45, 2.75) is 26.2 Å². The van der Waals surface area contributed by atoms with Gasteiger partial charge in [0.1, 0.15) is 18.0 Å². The predicted molar refractivity (Wildman–Crippen MR) is 86.0 cm³/mol. The number of amides is 1. The van der Waals surface area contributed by atoms with Gasteiger partial charge in [0, 0.05) is 44.2 Å². The number of carbonyl (C=O) groups excluding carboxylic acids is 1. The summed E-state index contributed by atoms with van der Waals surface area (Å²) in [6, 6.07) is 1.93. The van der Waals surface area contributed by atoms with Crippen LogP contribution in [0.1, 0.15) is 25.5 Å². The minimum Gasteiger partial charge on any atom is -0.343 e. The van der Waals surface area contributed by atoms with Gasteiger partial charge < -0.3 is 10.2 Å². The maximum atomic E-state index is 11.5. The molecule has 0 aromatic carbocycles. The summed E-state index contributed by atoms with van der Waals surface area (Å²) in [6.45, 7) is 3.32. The molecule has 1 amide bonds. The lowest BCUT2D eigenvalue weighted by Gasteiger charge is -2.31. The molecule has 1 fully saturated rings.